The SMILES string of the molecule is Cc1cc(CCc2cc(C)cc(C(C)(C)C)c2OCl)c(OCl)c(C(C)(C)C)c1. The van der Waals surface area contributed by atoms with Crippen molar-refractivity contribution in [3.05, 3.63) is 57.6 Å². The Kier molecular flexibility index (Phi) is 6.99. The summed E-state index contributed by atoms with van der Waals surface area (Å²) in [7, 11) is 0. The summed E-state index contributed by atoms with van der Waals surface area (Å²) in [6.07, 6.45) is 1.57. The van der Waals surface area contributed by atoms with Crippen molar-refractivity contribution in [2.24, 2.45) is 0 Å². The van der Waals surface area contributed by atoms with Crippen LogP contribution in [-0.2, 0) is 23.7 Å². The topological polar surface area (TPSA) is 18.5 Å². The summed E-state index contributed by atoms with van der Waals surface area (Å²) >= 11 is 11.8. The number of halogens is 2. The van der Waals surface area contributed by atoms with Gasteiger partial charge in [-0.2, -0.15) is 0 Å². The highest BCUT2D eigenvalue weighted by atomic mass is 35.5. The van der Waals surface area contributed by atoms with Crippen molar-refractivity contribution < 1.29 is 8.58 Å². The number of hydrogen-bond acceptors (Lipinski definition) is 2. The van der Waals surface area contributed by atoms with Crippen molar-refractivity contribution >= 4 is 23.7 Å². The maximum Gasteiger partial charge on any atom is 0.153 e. The van der Waals surface area contributed by atoms with Crippen LogP contribution in [0.15, 0.2) is 24.3 Å². The smallest absolute Gasteiger partial charge is 0.153 e. The van der Waals surface area contributed by atoms with Gasteiger partial charge in [-0.25, -0.2) is 0 Å². The normalized spacial score (nSPS) is 12.2. The summed E-state index contributed by atoms with van der Waals surface area (Å²) in [5.41, 5.74) is 6.71. The third-order valence-corrected chi connectivity index (χ3v) is 5.36. The first-order chi connectivity index (χ1) is 12.9. The molecule has 0 aliphatic carbocycles. The molecule has 0 atom stereocenters. The van der Waals surface area contributed by atoms with E-state index in [1.807, 2.05) is 0 Å². The van der Waals surface area contributed by atoms with Crippen molar-refractivity contribution in [1.82, 2.24) is 0 Å². The van der Waals surface area contributed by atoms with Gasteiger partial charge in [-0.1, -0.05) is 76.9 Å². The third-order valence-electron chi connectivity index (χ3n) is 5.05. The molecule has 4 heteroatoms. The van der Waals surface area contributed by atoms with Crippen LogP contribution in [0.3, 0.4) is 0 Å². The zero-order chi connectivity index (χ0) is 21.3. The lowest BCUT2D eigenvalue weighted by atomic mass is 9.82. The molecule has 0 aliphatic rings. The fourth-order valence-corrected chi connectivity index (χ4v) is 4.00. The zero-order valence-electron chi connectivity index (χ0n) is 18.3. The molecular formula is C24H32Cl2O2. The second-order valence-corrected chi connectivity index (χ2v) is 10.1. The molecule has 28 heavy (non-hydrogen) atoms. The Bertz CT molecular complexity index is 772. The quantitative estimate of drug-likeness (QED) is 0.489. The Balaban J connectivity index is 2.48. The minimum Gasteiger partial charge on any atom is -0.385 e. The number of rotatable bonds is 5. The molecule has 154 valence electrons. The Hall–Kier alpha value is -1.38. The molecule has 2 aromatic carbocycles. The minimum absolute atomic E-state index is 0.0574. The standard InChI is InChI=1S/C24H32Cl2O2/c1-15-11-17(21(27-25)19(13-15)23(3,4)5)9-10-18-12-16(2)14-20(22(18)28-26)24(6,7)8/h11-14H,9-10H2,1-8H3. The average Bonchev–Trinajstić information content (AvgIpc) is 2.57. The molecule has 0 unspecified atom stereocenters. The Morgan fingerprint density at radius 1 is 0.643 bits per heavy atom. The second kappa shape index (κ2) is 8.55. The van der Waals surface area contributed by atoms with E-state index in [0.717, 1.165) is 46.6 Å². The van der Waals surface area contributed by atoms with Gasteiger partial charge in [0.15, 0.2) is 11.5 Å². The number of benzene rings is 2. The molecule has 0 saturated carbocycles. The van der Waals surface area contributed by atoms with E-state index in [1.165, 1.54) is 11.1 Å². The van der Waals surface area contributed by atoms with E-state index in [9.17, 15) is 0 Å². The van der Waals surface area contributed by atoms with Crippen LogP contribution in [0.25, 0.3) is 0 Å². The summed E-state index contributed by atoms with van der Waals surface area (Å²) in [5.74, 6) is 1.52. The van der Waals surface area contributed by atoms with Gasteiger partial charge >= 0.3 is 0 Å². The van der Waals surface area contributed by atoms with E-state index in [2.05, 4.69) is 79.7 Å². The van der Waals surface area contributed by atoms with E-state index >= 15 is 0 Å². The summed E-state index contributed by atoms with van der Waals surface area (Å²) in [6.45, 7) is 17.2. The molecule has 0 radical (unpaired) electrons. The first-order valence-corrected chi connectivity index (χ1v) is 10.4. The van der Waals surface area contributed by atoms with Gasteiger partial charge in [0.25, 0.3) is 0 Å². The van der Waals surface area contributed by atoms with Crippen LogP contribution >= 0.6 is 23.7 Å². The Labute approximate surface area is 180 Å². The highest BCUT2D eigenvalue weighted by molar-refractivity contribution is 6.09. The van der Waals surface area contributed by atoms with Crippen LogP contribution < -0.4 is 8.58 Å². The minimum atomic E-state index is -0.0574. The molecule has 0 bridgehead atoms. The van der Waals surface area contributed by atoms with Crippen molar-refractivity contribution in [3.63, 3.8) is 0 Å². The third kappa shape index (κ3) is 5.15. The van der Waals surface area contributed by atoms with Gasteiger partial charge < -0.3 is 8.58 Å². The van der Waals surface area contributed by atoms with E-state index in [0.29, 0.717) is 0 Å². The first-order valence-electron chi connectivity index (χ1n) is 9.73. The molecular weight excluding hydrogens is 391 g/mol. The van der Waals surface area contributed by atoms with E-state index in [1.54, 1.807) is 0 Å². The summed E-state index contributed by atoms with van der Waals surface area (Å²) in [5, 5.41) is 0. The van der Waals surface area contributed by atoms with Crippen molar-refractivity contribution in [3.8, 4) is 11.5 Å². The van der Waals surface area contributed by atoms with Gasteiger partial charge in [0.1, 0.15) is 23.7 Å². The van der Waals surface area contributed by atoms with Crippen molar-refractivity contribution in [2.75, 3.05) is 0 Å². The van der Waals surface area contributed by atoms with Crippen LogP contribution in [-0.4, -0.2) is 0 Å². The Morgan fingerprint density at radius 3 is 1.21 bits per heavy atom. The molecule has 0 heterocycles. The molecule has 0 saturated heterocycles. The van der Waals surface area contributed by atoms with Gasteiger partial charge in [0, 0.05) is 11.1 Å². The summed E-state index contributed by atoms with van der Waals surface area (Å²) in [4.78, 5) is 0. The maximum atomic E-state index is 5.90. The lowest BCUT2D eigenvalue weighted by molar-refractivity contribution is 0.525. The maximum absolute atomic E-state index is 5.90. The lowest BCUT2D eigenvalue weighted by Gasteiger charge is -2.25. The lowest BCUT2D eigenvalue weighted by Crippen LogP contribution is -2.15. The highest BCUT2D eigenvalue weighted by Gasteiger charge is 2.25. The van der Waals surface area contributed by atoms with E-state index < -0.39 is 0 Å². The van der Waals surface area contributed by atoms with E-state index in [-0.39, 0.29) is 10.8 Å². The van der Waals surface area contributed by atoms with Crippen LogP contribution in [0.1, 0.15) is 74.9 Å². The molecule has 0 N–H and O–H groups in total. The van der Waals surface area contributed by atoms with Crippen LogP contribution in [0.5, 0.6) is 11.5 Å². The van der Waals surface area contributed by atoms with Crippen LogP contribution in [0, 0.1) is 13.8 Å². The predicted molar refractivity (Wildman–Crippen MR) is 120 cm³/mol. The van der Waals surface area contributed by atoms with Gasteiger partial charge in [0.05, 0.1) is 0 Å². The van der Waals surface area contributed by atoms with Gasteiger partial charge in [0.2, 0.25) is 0 Å². The Morgan fingerprint density at radius 2 is 0.964 bits per heavy atom. The largest absolute Gasteiger partial charge is 0.385 e. The fraction of sp³-hybridized carbons (Fsp3) is 0.500. The number of aryl methyl sites for hydroxylation is 4. The monoisotopic (exact) mass is 422 g/mol. The molecule has 0 aromatic heterocycles. The van der Waals surface area contributed by atoms with E-state index in [4.69, 9.17) is 32.3 Å². The molecule has 0 spiro atoms. The molecule has 0 aliphatic heterocycles. The predicted octanol–water partition coefficient (Wildman–Crippen LogP) is 7.75. The zero-order valence-corrected chi connectivity index (χ0v) is 19.8. The van der Waals surface area contributed by atoms with Gasteiger partial charge in [-0.3, -0.25) is 0 Å². The van der Waals surface area contributed by atoms with Gasteiger partial charge in [-0.05, 0) is 48.6 Å². The summed E-state index contributed by atoms with van der Waals surface area (Å²) < 4.78 is 10.6. The molecule has 2 aromatic rings. The highest BCUT2D eigenvalue weighted by Crippen LogP contribution is 2.39. The molecule has 0 fully saturated rings. The molecule has 0 amide bonds. The van der Waals surface area contributed by atoms with Crippen LogP contribution in [0.2, 0.25) is 0 Å². The average molecular weight is 423 g/mol. The summed E-state index contributed by atoms with van der Waals surface area (Å²) in [6, 6.07) is 8.60. The molecule has 2 nitrogen and oxygen atoms in total. The first kappa shape index (κ1) is 22.9. The fourth-order valence-electron chi connectivity index (χ4n) is 3.63. The van der Waals surface area contributed by atoms with Crippen molar-refractivity contribution in [2.45, 2.75) is 79.1 Å². The number of hydrogen-bond donors (Lipinski definition) is 0. The van der Waals surface area contributed by atoms with Crippen molar-refractivity contribution in [1.29, 1.82) is 0 Å². The van der Waals surface area contributed by atoms with Gasteiger partial charge in [-0.15, -0.1) is 0 Å². The molecule has 2 rings (SSSR count). The second-order valence-electron chi connectivity index (χ2n) is 9.76. The van der Waals surface area contributed by atoms with Crippen LogP contribution in [0.4, 0.5) is 0 Å².